The molecule has 0 atom stereocenters. The zero-order chi connectivity index (χ0) is 23.8. The standard InChI is InChI=1S/C27H19N5O2S/c1-34-22-15-9-8-14-21(22)25-28-27-32(30-25)26(33)23(35-27)16-19-17-31(20-12-6-3-7-13-20)29-24(19)18-10-4-2-5-11-18/h2-17H,1H3/b23-16-. The lowest BCUT2D eigenvalue weighted by Gasteiger charge is -2.03. The molecule has 0 aliphatic rings. The molecule has 0 aliphatic carbocycles. The summed E-state index contributed by atoms with van der Waals surface area (Å²) in [6, 6.07) is 27.3. The van der Waals surface area contributed by atoms with Gasteiger partial charge in [0.1, 0.15) is 5.75 Å². The normalized spacial score (nSPS) is 11.9. The first-order chi connectivity index (χ1) is 17.2. The van der Waals surface area contributed by atoms with Crippen LogP contribution in [-0.4, -0.2) is 31.5 Å². The molecule has 0 spiro atoms. The van der Waals surface area contributed by atoms with Gasteiger partial charge < -0.3 is 4.74 Å². The first kappa shape index (κ1) is 21.0. The summed E-state index contributed by atoms with van der Waals surface area (Å²) >= 11 is 1.30. The highest BCUT2D eigenvalue weighted by Crippen LogP contribution is 2.27. The number of hydrogen-bond donors (Lipinski definition) is 0. The Labute approximate surface area is 204 Å². The summed E-state index contributed by atoms with van der Waals surface area (Å²) in [4.78, 5) is 18.4. The molecule has 7 nitrogen and oxygen atoms in total. The summed E-state index contributed by atoms with van der Waals surface area (Å²) < 4.78 is 9.14. The van der Waals surface area contributed by atoms with Gasteiger partial charge in [-0.3, -0.25) is 4.79 Å². The monoisotopic (exact) mass is 477 g/mol. The van der Waals surface area contributed by atoms with Crippen molar-refractivity contribution in [3.05, 3.63) is 112 Å². The number of aromatic nitrogens is 5. The van der Waals surface area contributed by atoms with Crippen LogP contribution >= 0.6 is 11.3 Å². The Bertz CT molecular complexity index is 1750. The topological polar surface area (TPSA) is 74.3 Å². The zero-order valence-corrected chi connectivity index (χ0v) is 19.5. The first-order valence-electron chi connectivity index (χ1n) is 11.0. The Morgan fingerprint density at radius 1 is 0.886 bits per heavy atom. The molecule has 35 heavy (non-hydrogen) atoms. The van der Waals surface area contributed by atoms with Gasteiger partial charge in [-0.1, -0.05) is 72.0 Å². The predicted molar refractivity (Wildman–Crippen MR) is 137 cm³/mol. The molecule has 0 fully saturated rings. The Balaban J connectivity index is 1.49. The van der Waals surface area contributed by atoms with Crippen LogP contribution in [0.1, 0.15) is 5.56 Å². The van der Waals surface area contributed by atoms with Crippen molar-refractivity contribution >= 4 is 22.4 Å². The van der Waals surface area contributed by atoms with Gasteiger partial charge in [0.15, 0.2) is 5.82 Å². The highest BCUT2D eigenvalue weighted by molar-refractivity contribution is 7.15. The van der Waals surface area contributed by atoms with Crippen LogP contribution in [0.2, 0.25) is 0 Å². The van der Waals surface area contributed by atoms with Crippen LogP contribution in [0.15, 0.2) is 95.9 Å². The maximum atomic E-state index is 13.2. The minimum absolute atomic E-state index is 0.217. The minimum atomic E-state index is -0.217. The highest BCUT2D eigenvalue weighted by Gasteiger charge is 2.16. The van der Waals surface area contributed by atoms with Crippen molar-refractivity contribution in [3.63, 3.8) is 0 Å². The highest BCUT2D eigenvalue weighted by atomic mass is 32.1. The number of para-hydroxylation sites is 2. The Kier molecular flexibility index (Phi) is 5.20. The van der Waals surface area contributed by atoms with Gasteiger partial charge in [-0.05, 0) is 30.3 Å². The SMILES string of the molecule is COc1ccccc1-c1nc2s/c(=C\c3cn(-c4ccccc4)nc3-c3ccccc3)c(=O)n2n1. The van der Waals surface area contributed by atoms with E-state index < -0.39 is 0 Å². The molecule has 3 aromatic heterocycles. The van der Waals surface area contributed by atoms with Gasteiger partial charge >= 0.3 is 0 Å². The molecule has 0 N–H and O–H groups in total. The van der Waals surface area contributed by atoms with Crippen molar-refractivity contribution in [3.8, 4) is 34.1 Å². The van der Waals surface area contributed by atoms with Crippen LogP contribution in [0.25, 0.3) is 39.4 Å². The number of fused-ring (bicyclic) bond motifs is 1. The Morgan fingerprint density at radius 3 is 2.34 bits per heavy atom. The van der Waals surface area contributed by atoms with Crippen LogP contribution in [0.3, 0.4) is 0 Å². The van der Waals surface area contributed by atoms with Crippen molar-refractivity contribution in [1.82, 2.24) is 24.4 Å². The van der Waals surface area contributed by atoms with Crippen LogP contribution in [0.5, 0.6) is 5.75 Å². The fourth-order valence-corrected chi connectivity index (χ4v) is 4.84. The smallest absolute Gasteiger partial charge is 0.291 e. The van der Waals surface area contributed by atoms with Gasteiger partial charge in [-0.2, -0.15) is 14.6 Å². The van der Waals surface area contributed by atoms with E-state index in [9.17, 15) is 4.79 Å². The molecule has 3 aromatic carbocycles. The van der Waals surface area contributed by atoms with Gasteiger partial charge in [0, 0.05) is 17.3 Å². The van der Waals surface area contributed by atoms with E-state index in [-0.39, 0.29) is 5.56 Å². The fraction of sp³-hybridized carbons (Fsp3) is 0.0370. The van der Waals surface area contributed by atoms with E-state index >= 15 is 0 Å². The summed E-state index contributed by atoms with van der Waals surface area (Å²) in [6.07, 6.45) is 3.80. The second-order valence-corrected chi connectivity index (χ2v) is 8.83. The number of benzene rings is 3. The molecule has 6 aromatic rings. The lowest BCUT2D eigenvalue weighted by molar-refractivity contribution is 0.416. The van der Waals surface area contributed by atoms with Gasteiger partial charge in [0.05, 0.1) is 28.6 Å². The van der Waals surface area contributed by atoms with Crippen LogP contribution in [0.4, 0.5) is 0 Å². The third-order valence-corrected chi connectivity index (χ3v) is 6.59. The predicted octanol–water partition coefficient (Wildman–Crippen LogP) is 4.23. The van der Waals surface area contributed by atoms with E-state index in [1.807, 2.05) is 102 Å². The van der Waals surface area contributed by atoms with Gasteiger partial charge in [-0.25, -0.2) is 4.68 Å². The first-order valence-corrected chi connectivity index (χ1v) is 11.8. The molecule has 0 saturated heterocycles. The maximum absolute atomic E-state index is 13.2. The van der Waals surface area contributed by atoms with Crippen LogP contribution in [0, 0.1) is 0 Å². The quantitative estimate of drug-likeness (QED) is 0.372. The summed E-state index contributed by atoms with van der Waals surface area (Å²) in [7, 11) is 1.60. The van der Waals surface area contributed by atoms with Gasteiger partial charge in [0.2, 0.25) is 4.96 Å². The number of rotatable bonds is 5. The van der Waals surface area contributed by atoms with Crippen LogP contribution < -0.4 is 14.8 Å². The van der Waals surface area contributed by atoms with Crippen molar-refractivity contribution in [2.24, 2.45) is 0 Å². The lowest BCUT2D eigenvalue weighted by atomic mass is 10.1. The summed E-state index contributed by atoms with van der Waals surface area (Å²) in [6.45, 7) is 0. The molecule has 3 heterocycles. The number of thiazole rings is 1. The second kappa shape index (κ2) is 8.66. The van der Waals surface area contributed by atoms with Crippen molar-refractivity contribution in [1.29, 1.82) is 0 Å². The maximum Gasteiger partial charge on any atom is 0.291 e. The zero-order valence-electron chi connectivity index (χ0n) is 18.7. The fourth-order valence-electron chi connectivity index (χ4n) is 3.94. The van der Waals surface area contributed by atoms with E-state index in [1.54, 1.807) is 7.11 Å². The minimum Gasteiger partial charge on any atom is -0.496 e. The Hall–Kier alpha value is -4.56. The molecule has 170 valence electrons. The van der Waals surface area contributed by atoms with E-state index in [4.69, 9.17) is 9.84 Å². The second-order valence-electron chi connectivity index (χ2n) is 7.83. The molecule has 0 saturated carbocycles. The van der Waals surface area contributed by atoms with E-state index in [1.165, 1.54) is 15.9 Å². The van der Waals surface area contributed by atoms with Crippen molar-refractivity contribution in [2.75, 3.05) is 7.11 Å². The number of hydrogen-bond acceptors (Lipinski definition) is 6. The van der Waals surface area contributed by atoms with E-state index in [0.717, 1.165) is 28.1 Å². The molecule has 0 radical (unpaired) electrons. The van der Waals surface area contributed by atoms with Gasteiger partial charge in [-0.15, -0.1) is 5.10 Å². The van der Waals surface area contributed by atoms with E-state index in [2.05, 4.69) is 10.1 Å². The molecular formula is C27H19N5O2S. The number of ether oxygens (including phenoxy) is 1. The molecule has 0 unspecified atom stereocenters. The molecule has 0 amide bonds. The summed E-state index contributed by atoms with van der Waals surface area (Å²) in [5, 5.41) is 9.30. The molecular weight excluding hydrogens is 458 g/mol. The molecule has 0 bridgehead atoms. The largest absolute Gasteiger partial charge is 0.496 e. The third-order valence-electron chi connectivity index (χ3n) is 5.63. The number of methoxy groups -OCH3 is 1. The lowest BCUT2D eigenvalue weighted by Crippen LogP contribution is -2.23. The average Bonchev–Trinajstić information content (AvgIpc) is 3.60. The number of nitrogens with zero attached hydrogens (tertiary/aromatic N) is 5. The molecule has 0 aliphatic heterocycles. The van der Waals surface area contributed by atoms with Crippen molar-refractivity contribution < 1.29 is 4.74 Å². The third kappa shape index (κ3) is 3.79. The summed E-state index contributed by atoms with van der Waals surface area (Å²) in [5.74, 6) is 1.12. The van der Waals surface area contributed by atoms with Crippen LogP contribution in [-0.2, 0) is 0 Å². The average molecular weight is 478 g/mol. The Morgan fingerprint density at radius 2 is 1.60 bits per heavy atom. The molecule has 8 heteroatoms. The van der Waals surface area contributed by atoms with E-state index in [0.29, 0.717) is 21.1 Å². The van der Waals surface area contributed by atoms with Gasteiger partial charge in [0.25, 0.3) is 5.56 Å². The molecule has 6 rings (SSSR count). The van der Waals surface area contributed by atoms with Crippen molar-refractivity contribution in [2.45, 2.75) is 0 Å². The summed E-state index contributed by atoms with van der Waals surface area (Å²) in [5.41, 5.74) is 4.07.